The Morgan fingerprint density at radius 2 is 1.92 bits per heavy atom. The Balaban J connectivity index is 1.63. The number of benzene rings is 1. The van der Waals surface area contributed by atoms with E-state index in [4.69, 9.17) is 4.74 Å². The molecule has 1 aromatic rings. The molecule has 1 aromatic carbocycles. The Labute approximate surface area is 145 Å². The summed E-state index contributed by atoms with van der Waals surface area (Å²) in [6, 6.07) is 6.88. The van der Waals surface area contributed by atoms with Gasteiger partial charge in [-0.1, -0.05) is 26.0 Å². The monoisotopic (exact) mass is 330 g/mol. The van der Waals surface area contributed by atoms with Gasteiger partial charge in [0.15, 0.2) is 0 Å². The van der Waals surface area contributed by atoms with Crippen molar-refractivity contribution in [2.45, 2.75) is 64.4 Å². The minimum absolute atomic E-state index is 0.182. The van der Waals surface area contributed by atoms with Gasteiger partial charge >= 0.3 is 6.09 Å². The molecule has 0 unspecified atom stereocenters. The fraction of sp³-hybridized carbons (Fsp3) is 0.650. The molecule has 2 aliphatic rings. The highest BCUT2D eigenvalue weighted by atomic mass is 16.6. The van der Waals surface area contributed by atoms with Crippen LogP contribution in [0.4, 0.5) is 10.5 Å². The molecular formula is C20H30N2O2. The first kappa shape index (κ1) is 17.1. The lowest BCUT2D eigenvalue weighted by Gasteiger charge is -2.33. The maximum Gasteiger partial charge on any atom is 0.410 e. The second-order valence-corrected chi connectivity index (χ2v) is 8.78. The van der Waals surface area contributed by atoms with Crippen LogP contribution in [0.5, 0.6) is 0 Å². The standard InChI is InChI=1S/C20H30N2O2/c1-19(2,3)24-18(23)22-10-8-14(9-11-22)15-6-7-16-17(12-15)21-13-20(16,4)5/h6-7,12,14,21H,8-11,13H2,1-5H3. The highest BCUT2D eigenvalue weighted by Gasteiger charge is 2.31. The quantitative estimate of drug-likeness (QED) is 0.824. The second-order valence-electron chi connectivity index (χ2n) is 8.78. The molecule has 0 aliphatic carbocycles. The average molecular weight is 330 g/mol. The number of piperidine rings is 1. The number of ether oxygens (including phenoxy) is 1. The van der Waals surface area contributed by atoms with Crippen LogP contribution in [0.15, 0.2) is 18.2 Å². The molecule has 2 heterocycles. The van der Waals surface area contributed by atoms with Gasteiger partial charge in [0, 0.05) is 30.7 Å². The van der Waals surface area contributed by atoms with E-state index in [2.05, 4.69) is 37.4 Å². The molecule has 0 aromatic heterocycles. The maximum absolute atomic E-state index is 12.2. The molecule has 0 radical (unpaired) electrons. The number of fused-ring (bicyclic) bond motifs is 1. The molecule has 0 atom stereocenters. The molecule has 0 saturated carbocycles. The Hall–Kier alpha value is -1.71. The maximum atomic E-state index is 12.2. The van der Waals surface area contributed by atoms with Crippen LogP contribution >= 0.6 is 0 Å². The van der Waals surface area contributed by atoms with Crippen LogP contribution in [0.3, 0.4) is 0 Å². The first-order valence-corrected chi connectivity index (χ1v) is 9.02. The highest BCUT2D eigenvalue weighted by molar-refractivity contribution is 5.68. The van der Waals surface area contributed by atoms with Crippen LogP contribution < -0.4 is 5.32 Å². The van der Waals surface area contributed by atoms with E-state index in [9.17, 15) is 4.79 Å². The van der Waals surface area contributed by atoms with Crippen molar-refractivity contribution in [3.63, 3.8) is 0 Å². The number of carbonyl (C=O) groups is 1. The lowest BCUT2D eigenvalue weighted by Crippen LogP contribution is -2.41. The van der Waals surface area contributed by atoms with Gasteiger partial charge in [-0.3, -0.25) is 0 Å². The molecule has 0 spiro atoms. The van der Waals surface area contributed by atoms with E-state index in [0.29, 0.717) is 5.92 Å². The van der Waals surface area contributed by atoms with Crippen molar-refractivity contribution in [3.05, 3.63) is 29.3 Å². The molecule has 1 saturated heterocycles. The second kappa shape index (κ2) is 5.98. The zero-order valence-electron chi connectivity index (χ0n) is 15.6. The van der Waals surface area contributed by atoms with Crippen molar-refractivity contribution in [2.75, 3.05) is 25.0 Å². The minimum atomic E-state index is -0.424. The normalized spacial score (nSPS) is 20.5. The molecule has 1 N–H and O–H groups in total. The summed E-state index contributed by atoms with van der Waals surface area (Å²) in [4.78, 5) is 14.0. The van der Waals surface area contributed by atoms with Crippen LogP contribution in [0.2, 0.25) is 0 Å². The fourth-order valence-corrected chi connectivity index (χ4v) is 3.69. The fourth-order valence-electron chi connectivity index (χ4n) is 3.69. The van der Waals surface area contributed by atoms with E-state index in [0.717, 1.165) is 32.5 Å². The zero-order chi connectivity index (χ0) is 17.5. The number of likely N-dealkylation sites (tertiary alicyclic amines) is 1. The van der Waals surface area contributed by atoms with Gasteiger partial charge in [-0.05, 0) is 56.7 Å². The summed E-state index contributed by atoms with van der Waals surface area (Å²) in [6.07, 6.45) is 1.82. The lowest BCUT2D eigenvalue weighted by molar-refractivity contribution is 0.0205. The van der Waals surface area contributed by atoms with Gasteiger partial charge in [0.2, 0.25) is 0 Å². The van der Waals surface area contributed by atoms with Crippen molar-refractivity contribution >= 4 is 11.8 Å². The number of nitrogens with zero attached hydrogens (tertiary/aromatic N) is 1. The molecular weight excluding hydrogens is 300 g/mol. The van der Waals surface area contributed by atoms with Crippen LogP contribution in [-0.4, -0.2) is 36.2 Å². The molecule has 1 amide bonds. The van der Waals surface area contributed by atoms with Crippen molar-refractivity contribution in [3.8, 4) is 0 Å². The van der Waals surface area contributed by atoms with Gasteiger partial charge in [-0.25, -0.2) is 4.79 Å². The third kappa shape index (κ3) is 3.52. The van der Waals surface area contributed by atoms with Gasteiger partial charge in [0.1, 0.15) is 5.60 Å². The third-order valence-electron chi connectivity index (χ3n) is 5.11. The number of anilines is 1. The number of hydrogen-bond acceptors (Lipinski definition) is 3. The van der Waals surface area contributed by atoms with E-state index in [1.807, 2.05) is 25.7 Å². The summed E-state index contributed by atoms with van der Waals surface area (Å²) in [6.45, 7) is 12.9. The number of nitrogens with one attached hydrogen (secondary N) is 1. The smallest absolute Gasteiger partial charge is 0.410 e. The third-order valence-corrected chi connectivity index (χ3v) is 5.11. The number of amides is 1. The van der Waals surface area contributed by atoms with E-state index in [-0.39, 0.29) is 11.5 Å². The number of carbonyl (C=O) groups excluding carboxylic acids is 1. The van der Waals surface area contributed by atoms with Crippen LogP contribution in [0.1, 0.15) is 64.5 Å². The van der Waals surface area contributed by atoms with E-state index in [1.54, 1.807) is 0 Å². The number of rotatable bonds is 1. The SMILES string of the molecule is CC(C)(C)OC(=O)N1CCC(c2ccc3c(c2)NCC3(C)C)CC1. The predicted octanol–water partition coefficient (Wildman–Crippen LogP) is 4.50. The Morgan fingerprint density at radius 3 is 2.54 bits per heavy atom. The van der Waals surface area contributed by atoms with E-state index < -0.39 is 5.60 Å². The van der Waals surface area contributed by atoms with Gasteiger partial charge in [0.05, 0.1) is 0 Å². The first-order chi connectivity index (χ1) is 11.2. The van der Waals surface area contributed by atoms with E-state index in [1.165, 1.54) is 16.8 Å². The number of hydrogen-bond donors (Lipinski definition) is 1. The predicted molar refractivity (Wildman–Crippen MR) is 97.7 cm³/mol. The molecule has 4 heteroatoms. The highest BCUT2D eigenvalue weighted by Crippen LogP contribution is 2.39. The topological polar surface area (TPSA) is 41.6 Å². The van der Waals surface area contributed by atoms with Crippen LogP contribution in [-0.2, 0) is 10.2 Å². The molecule has 2 aliphatic heterocycles. The minimum Gasteiger partial charge on any atom is -0.444 e. The van der Waals surface area contributed by atoms with Crippen LogP contribution in [0, 0.1) is 0 Å². The largest absolute Gasteiger partial charge is 0.444 e. The summed E-state index contributed by atoms with van der Waals surface area (Å²) in [7, 11) is 0. The van der Waals surface area contributed by atoms with Crippen molar-refractivity contribution in [1.29, 1.82) is 0 Å². The average Bonchev–Trinajstić information content (AvgIpc) is 2.81. The summed E-state index contributed by atoms with van der Waals surface area (Å²) in [5.41, 5.74) is 3.88. The summed E-state index contributed by atoms with van der Waals surface area (Å²) in [5.74, 6) is 0.527. The molecule has 3 rings (SSSR count). The van der Waals surface area contributed by atoms with Gasteiger partial charge in [0.25, 0.3) is 0 Å². The zero-order valence-corrected chi connectivity index (χ0v) is 15.6. The summed E-state index contributed by atoms with van der Waals surface area (Å²) < 4.78 is 5.48. The van der Waals surface area contributed by atoms with Crippen LogP contribution in [0.25, 0.3) is 0 Å². The van der Waals surface area contributed by atoms with Crippen molar-refractivity contribution in [2.24, 2.45) is 0 Å². The van der Waals surface area contributed by atoms with Crippen molar-refractivity contribution in [1.82, 2.24) is 4.90 Å². The van der Waals surface area contributed by atoms with E-state index >= 15 is 0 Å². The summed E-state index contributed by atoms with van der Waals surface area (Å²) >= 11 is 0. The van der Waals surface area contributed by atoms with Gasteiger partial charge < -0.3 is 15.0 Å². The Bertz CT molecular complexity index is 623. The Morgan fingerprint density at radius 1 is 1.25 bits per heavy atom. The molecule has 132 valence electrons. The lowest BCUT2D eigenvalue weighted by atomic mass is 9.84. The van der Waals surface area contributed by atoms with Crippen molar-refractivity contribution < 1.29 is 9.53 Å². The van der Waals surface area contributed by atoms with Gasteiger partial charge in [-0.2, -0.15) is 0 Å². The molecule has 0 bridgehead atoms. The molecule has 4 nitrogen and oxygen atoms in total. The van der Waals surface area contributed by atoms with Gasteiger partial charge in [-0.15, -0.1) is 0 Å². The Kier molecular flexibility index (Phi) is 4.27. The summed E-state index contributed by atoms with van der Waals surface area (Å²) in [5, 5.41) is 3.54. The molecule has 24 heavy (non-hydrogen) atoms. The first-order valence-electron chi connectivity index (χ1n) is 9.02. The molecule has 1 fully saturated rings.